The number of rotatable bonds is 0. The molecule has 0 saturated carbocycles. The highest BCUT2D eigenvalue weighted by Crippen LogP contribution is 2.32. The van der Waals surface area contributed by atoms with Gasteiger partial charge < -0.3 is 10.1 Å². The van der Waals surface area contributed by atoms with Crippen LogP contribution in [0.25, 0.3) is 10.9 Å². The van der Waals surface area contributed by atoms with Gasteiger partial charge in [-0.15, -0.1) is 4.40 Å². The molecule has 0 unspecified atom stereocenters. The first-order chi connectivity index (χ1) is 8.62. The molecule has 6 nitrogen and oxygen atoms in total. The van der Waals surface area contributed by atoms with Crippen LogP contribution in [0.15, 0.2) is 39.8 Å². The zero-order chi connectivity index (χ0) is 12.8. The van der Waals surface area contributed by atoms with Crippen molar-refractivity contribution >= 4 is 32.6 Å². The molecule has 92 valence electrons. The number of hydrogen-bond acceptors (Lipinski definition) is 5. The van der Waals surface area contributed by atoms with Gasteiger partial charge in [0.1, 0.15) is 4.90 Å². The van der Waals surface area contributed by atoms with Crippen molar-refractivity contribution in [3.8, 4) is 0 Å². The molecule has 2 heterocycles. The number of aromatic nitrogens is 1. The van der Waals surface area contributed by atoms with Gasteiger partial charge in [0.15, 0.2) is 0 Å². The van der Waals surface area contributed by atoms with Crippen molar-refractivity contribution in [2.45, 2.75) is 4.90 Å². The number of ether oxygens (including phenoxy) is 1. The zero-order valence-electron chi connectivity index (χ0n) is 9.41. The smallest absolute Gasteiger partial charge is 0.305 e. The first-order valence-electron chi connectivity index (χ1n) is 5.15. The summed E-state index contributed by atoms with van der Waals surface area (Å²) in [6.07, 6.45) is 1.30. The summed E-state index contributed by atoms with van der Waals surface area (Å²) in [5.41, 5.74) is 1.16. The molecule has 0 atom stereocenters. The third kappa shape index (κ3) is 1.52. The van der Waals surface area contributed by atoms with Crippen LogP contribution in [0.3, 0.4) is 0 Å². The number of fused-ring (bicyclic) bond motifs is 3. The molecule has 2 aromatic rings. The van der Waals surface area contributed by atoms with Crippen molar-refractivity contribution in [1.29, 1.82) is 0 Å². The van der Waals surface area contributed by atoms with Gasteiger partial charge in [-0.05, 0) is 6.07 Å². The van der Waals surface area contributed by atoms with Crippen molar-refractivity contribution < 1.29 is 13.2 Å². The van der Waals surface area contributed by atoms with E-state index in [0.29, 0.717) is 16.6 Å². The van der Waals surface area contributed by atoms with Crippen LogP contribution in [0.1, 0.15) is 0 Å². The molecule has 0 aliphatic carbocycles. The largest absolute Gasteiger partial charge is 0.468 e. The predicted octanol–water partition coefficient (Wildman–Crippen LogP) is 1.35. The molecule has 0 amide bonds. The summed E-state index contributed by atoms with van der Waals surface area (Å²) in [4.78, 5) is 4.17. The van der Waals surface area contributed by atoms with E-state index in [1.54, 1.807) is 6.07 Å². The quantitative estimate of drug-likeness (QED) is 0.776. The second-order valence-corrected chi connectivity index (χ2v) is 5.29. The van der Waals surface area contributed by atoms with Gasteiger partial charge >= 0.3 is 6.02 Å². The highest BCUT2D eigenvalue weighted by Gasteiger charge is 2.27. The average Bonchev–Trinajstić information content (AvgIpc) is 2.37. The molecule has 0 radical (unpaired) electrons. The fraction of sp³-hybridized carbons (Fsp3) is 0.0909. The maximum absolute atomic E-state index is 11.9. The molecule has 7 heteroatoms. The summed E-state index contributed by atoms with van der Waals surface area (Å²) in [7, 11) is -2.40. The second-order valence-electron chi connectivity index (χ2n) is 3.72. The normalized spacial score (nSPS) is 16.6. The molecule has 0 saturated heterocycles. The lowest BCUT2D eigenvalue weighted by Gasteiger charge is -2.17. The monoisotopic (exact) mass is 263 g/mol. The third-order valence-corrected chi connectivity index (χ3v) is 3.92. The van der Waals surface area contributed by atoms with Crippen LogP contribution in [0.2, 0.25) is 0 Å². The van der Waals surface area contributed by atoms with E-state index < -0.39 is 10.0 Å². The first kappa shape index (κ1) is 11.0. The molecular formula is C11H9N3O3S. The minimum Gasteiger partial charge on any atom is -0.468 e. The number of hydrogen-bond donors (Lipinski definition) is 1. The molecule has 3 rings (SSSR count). The third-order valence-electron chi connectivity index (χ3n) is 2.65. The first-order valence-corrected chi connectivity index (χ1v) is 6.59. The Morgan fingerprint density at radius 2 is 2.06 bits per heavy atom. The fourth-order valence-electron chi connectivity index (χ4n) is 1.82. The summed E-state index contributed by atoms with van der Waals surface area (Å²) in [5.74, 6) is 0. The van der Waals surface area contributed by atoms with E-state index in [1.165, 1.54) is 13.3 Å². The number of benzene rings is 1. The number of anilines is 1. The molecule has 1 aliphatic rings. The van der Waals surface area contributed by atoms with E-state index in [2.05, 4.69) is 14.7 Å². The van der Waals surface area contributed by atoms with Crippen LogP contribution in [0.4, 0.5) is 5.69 Å². The summed E-state index contributed by atoms with van der Waals surface area (Å²) in [6.45, 7) is 0. The average molecular weight is 263 g/mol. The van der Waals surface area contributed by atoms with Crippen molar-refractivity contribution in [3.63, 3.8) is 0 Å². The lowest BCUT2D eigenvalue weighted by molar-refractivity contribution is 0.402. The molecule has 1 aliphatic heterocycles. The van der Waals surface area contributed by atoms with E-state index in [0.717, 1.165) is 0 Å². The van der Waals surface area contributed by atoms with Gasteiger partial charge in [0.2, 0.25) is 0 Å². The molecule has 1 aromatic heterocycles. The van der Waals surface area contributed by atoms with Crippen molar-refractivity contribution in [3.05, 3.63) is 30.5 Å². The van der Waals surface area contributed by atoms with Gasteiger partial charge in [0.25, 0.3) is 10.0 Å². The van der Waals surface area contributed by atoms with Gasteiger partial charge in [-0.25, -0.2) is 0 Å². The summed E-state index contributed by atoms with van der Waals surface area (Å²) < 4.78 is 32.2. The molecule has 1 aromatic carbocycles. The van der Waals surface area contributed by atoms with Gasteiger partial charge in [0.05, 0.1) is 24.5 Å². The maximum Gasteiger partial charge on any atom is 0.305 e. The van der Waals surface area contributed by atoms with Crippen LogP contribution >= 0.6 is 0 Å². The Kier molecular flexibility index (Phi) is 2.24. The number of nitrogens with zero attached hydrogens (tertiary/aromatic N) is 2. The number of methoxy groups -OCH3 is 1. The Hall–Kier alpha value is -2.15. The van der Waals surface area contributed by atoms with Crippen LogP contribution in [0.5, 0.6) is 0 Å². The SMILES string of the molecule is COC1=NS(=O)(=O)c2cnc3ccccc3c2N1. The molecule has 0 fully saturated rings. The van der Waals surface area contributed by atoms with E-state index in [1.807, 2.05) is 18.2 Å². The Balaban J connectivity index is 2.38. The molecule has 18 heavy (non-hydrogen) atoms. The van der Waals surface area contributed by atoms with E-state index >= 15 is 0 Å². The Labute approximate surface area is 103 Å². The van der Waals surface area contributed by atoms with Gasteiger partial charge in [-0.3, -0.25) is 4.98 Å². The standard InChI is InChI=1S/C11H9N3O3S/c1-17-11-13-10-7-4-2-3-5-8(7)12-6-9(10)18(15,16)14-11/h2-6H,1H3,(H,13,14). The zero-order valence-corrected chi connectivity index (χ0v) is 10.2. The summed E-state index contributed by atoms with van der Waals surface area (Å²) >= 11 is 0. The molecular weight excluding hydrogens is 254 g/mol. The number of nitrogens with one attached hydrogen (secondary N) is 1. The van der Waals surface area contributed by atoms with Crippen LogP contribution < -0.4 is 5.32 Å². The summed E-state index contributed by atoms with van der Waals surface area (Å²) in [5, 5.41) is 3.57. The van der Waals surface area contributed by atoms with E-state index in [-0.39, 0.29) is 10.9 Å². The number of pyridine rings is 1. The van der Waals surface area contributed by atoms with Crippen LogP contribution in [-0.4, -0.2) is 26.5 Å². The lowest BCUT2D eigenvalue weighted by atomic mass is 10.2. The highest BCUT2D eigenvalue weighted by atomic mass is 32.2. The Morgan fingerprint density at radius 1 is 1.28 bits per heavy atom. The topological polar surface area (TPSA) is 80.7 Å². The minimum absolute atomic E-state index is 0.0427. The predicted molar refractivity (Wildman–Crippen MR) is 67.0 cm³/mol. The number of sulfonamides is 1. The number of amidine groups is 1. The maximum atomic E-state index is 11.9. The second kappa shape index (κ2) is 3.67. The molecule has 0 spiro atoms. The molecule has 0 bridgehead atoms. The van der Waals surface area contributed by atoms with Gasteiger partial charge in [-0.2, -0.15) is 8.42 Å². The fourth-order valence-corrected chi connectivity index (χ4v) is 2.87. The van der Waals surface area contributed by atoms with Crippen molar-refractivity contribution in [2.24, 2.45) is 4.40 Å². The van der Waals surface area contributed by atoms with Crippen LogP contribution in [0, 0.1) is 0 Å². The highest BCUT2D eigenvalue weighted by molar-refractivity contribution is 7.90. The van der Waals surface area contributed by atoms with Gasteiger partial charge in [0, 0.05) is 5.39 Å². The van der Waals surface area contributed by atoms with Gasteiger partial charge in [-0.1, -0.05) is 18.2 Å². The Bertz CT molecular complexity index is 768. The van der Waals surface area contributed by atoms with E-state index in [4.69, 9.17) is 4.74 Å². The molecule has 1 N–H and O–H groups in total. The lowest BCUT2D eigenvalue weighted by Crippen LogP contribution is -2.23. The Morgan fingerprint density at radius 3 is 2.83 bits per heavy atom. The van der Waals surface area contributed by atoms with Crippen molar-refractivity contribution in [1.82, 2.24) is 4.98 Å². The van der Waals surface area contributed by atoms with E-state index in [9.17, 15) is 8.42 Å². The number of para-hydroxylation sites is 1. The van der Waals surface area contributed by atoms with Crippen molar-refractivity contribution in [2.75, 3.05) is 12.4 Å². The minimum atomic E-state index is -3.76. The summed E-state index contributed by atoms with van der Waals surface area (Å²) in [6, 6.07) is 7.21. The van der Waals surface area contributed by atoms with Crippen LogP contribution in [-0.2, 0) is 14.8 Å².